The molecule has 158 valence electrons. The third-order valence-corrected chi connectivity index (χ3v) is 7.27. The first-order chi connectivity index (χ1) is 14.8. The first-order valence-electron chi connectivity index (χ1n) is 9.78. The van der Waals surface area contributed by atoms with E-state index >= 15 is 0 Å². The van der Waals surface area contributed by atoms with Crippen LogP contribution in [0.1, 0.15) is 37.7 Å². The number of rotatable bonds is 5. The highest BCUT2D eigenvalue weighted by molar-refractivity contribution is 7.98. The second-order valence-corrected chi connectivity index (χ2v) is 9.50. The van der Waals surface area contributed by atoms with E-state index in [9.17, 15) is 9.59 Å². The number of amides is 1. The van der Waals surface area contributed by atoms with Gasteiger partial charge in [-0.25, -0.2) is 9.97 Å². The van der Waals surface area contributed by atoms with Gasteiger partial charge in [0.15, 0.2) is 0 Å². The standard InChI is InChI=1S/C23H22N4O2S2/c1-12-5-6-14(3)16(9-12)30-11-18-26-21(28)19-15(4)20(31-23(19)27-18)22(29)25-17-10-13(2)7-8-24-17/h5-10H,11H2,1-4H3,(H,24,25,29)(H,26,27,28). The number of fused-ring (bicyclic) bond motifs is 1. The van der Waals surface area contributed by atoms with Crippen LogP contribution in [0.5, 0.6) is 0 Å². The number of H-pyrrole nitrogens is 1. The Morgan fingerprint density at radius 1 is 1.13 bits per heavy atom. The summed E-state index contributed by atoms with van der Waals surface area (Å²) in [5.74, 6) is 1.33. The summed E-state index contributed by atoms with van der Waals surface area (Å²) in [6.45, 7) is 7.84. The number of thiophene rings is 1. The lowest BCUT2D eigenvalue weighted by Gasteiger charge is -2.06. The van der Waals surface area contributed by atoms with Crippen LogP contribution in [0.3, 0.4) is 0 Å². The number of pyridine rings is 1. The van der Waals surface area contributed by atoms with Crippen molar-refractivity contribution in [1.82, 2.24) is 15.0 Å². The van der Waals surface area contributed by atoms with Gasteiger partial charge in [-0.15, -0.1) is 23.1 Å². The monoisotopic (exact) mass is 450 g/mol. The van der Waals surface area contributed by atoms with Crippen molar-refractivity contribution in [2.45, 2.75) is 38.3 Å². The molecular formula is C23H22N4O2S2. The average molecular weight is 451 g/mol. The molecule has 0 fully saturated rings. The number of benzene rings is 1. The molecule has 0 aliphatic carbocycles. The number of aromatic amines is 1. The number of nitrogens with zero attached hydrogens (tertiary/aromatic N) is 2. The third-order valence-electron chi connectivity index (χ3n) is 4.92. The normalized spacial score (nSPS) is 11.1. The van der Waals surface area contributed by atoms with Crippen LogP contribution in [0.25, 0.3) is 10.2 Å². The maximum absolute atomic E-state index is 12.8. The van der Waals surface area contributed by atoms with Crippen LogP contribution in [-0.2, 0) is 5.75 Å². The Balaban J connectivity index is 1.61. The molecule has 0 bridgehead atoms. The van der Waals surface area contributed by atoms with E-state index in [1.165, 1.54) is 22.5 Å². The lowest BCUT2D eigenvalue weighted by Crippen LogP contribution is -2.14. The van der Waals surface area contributed by atoms with E-state index in [1.54, 1.807) is 30.9 Å². The Kier molecular flexibility index (Phi) is 5.93. The van der Waals surface area contributed by atoms with Crippen LogP contribution in [-0.4, -0.2) is 20.9 Å². The summed E-state index contributed by atoms with van der Waals surface area (Å²) in [6, 6.07) is 9.97. The molecule has 6 nitrogen and oxygen atoms in total. The Morgan fingerprint density at radius 3 is 2.68 bits per heavy atom. The second-order valence-electron chi connectivity index (χ2n) is 7.48. The van der Waals surface area contributed by atoms with Crippen molar-refractivity contribution < 1.29 is 4.79 Å². The summed E-state index contributed by atoms with van der Waals surface area (Å²) in [7, 11) is 0. The smallest absolute Gasteiger partial charge is 0.267 e. The molecule has 31 heavy (non-hydrogen) atoms. The van der Waals surface area contributed by atoms with Gasteiger partial charge >= 0.3 is 0 Å². The van der Waals surface area contributed by atoms with Crippen molar-refractivity contribution in [3.8, 4) is 0 Å². The minimum absolute atomic E-state index is 0.219. The molecule has 0 aliphatic heterocycles. The van der Waals surface area contributed by atoms with E-state index < -0.39 is 0 Å². The van der Waals surface area contributed by atoms with Gasteiger partial charge in [-0.3, -0.25) is 9.59 Å². The van der Waals surface area contributed by atoms with Crippen molar-refractivity contribution in [2.24, 2.45) is 0 Å². The first-order valence-corrected chi connectivity index (χ1v) is 11.6. The molecule has 0 atom stereocenters. The predicted molar refractivity (Wildman–Crippen MR) is 127 cm³/mol. The summed E-state index contributed by atoms with van der Waals surface area (Å²) in [4.78, 5) is 39.4. The largest absolute Gasteiger partial charge is 0.309 e. The van der Waals surface area contributed by atoms with Crippen LogP contribution in [0.2, 0.25) is 0 Å². The molecule has 3 heterocycles. The van der Waals surface area contributed by atoms with Crippen LogP contribution in [0.4, 0.5) is 5.82 Å². The molecule has 2 N–H and O–H groups in total. The van der Waals surface area contributed by atoms with Gasteiger partial charge in [0, 0.05) is 11.1 Å². The molecule has 0 saturated carbocycles. The summed E-state index contributed by atoms with van der Waals surface area (Å²) in [6.07, 6.45) is 1.65. The Morgan fingerprint density at radius 2 is 1.90 bits per heavy atom. The van der Waals surface area contributed by atoms with Crippen molar-refractivity contribution in [2.75, 3.05) is 5.32 Å². The van der Waals surface area contributed by atoms with Crippen molar-refractivity contribution in [3.05, 3.63) is 79.8 Å². The Labute approximate surface area is 188 Å². The van der Waals surface area contributed by atoms with Gasteiger partial charge in [0.2, 0.25) is 0 Å². The van der Waals surface area contributed by atoms with Gasteiger partial charge in [0.05, 0.1) is 16.0 Å². The minimum Gasteiger partial charge on any atom is -0.309 e. The lowest BCUT2D eigenvalue weighted by molar-refractivity contribution is 0.102. The third kappa shape index (κ3) is 4.55. The Bertz CT molecular complexity index is 1360. The fourth-order valence-electron chi connectivity index (χ4n) is 3.26. The zero-order valence-corrected chi connectivity index (χ0v) is 19.3. The topological polar surface area (TPSA) is 87.7 Å². The van der Waals surface area contributed by atoms with E-state index in [0.717, 1.165) is 10.5 Å². The SMILES string of the molecule is Cc1ccnc(NC(=O)c2sc3nc(CSc4cc(C)ccc4C)[nH]c(=O)c3c2C)c1. The molecule has 0 radical (unpaired) electrons. The van der Waals surface area contributed by atoms with Crippen molar-refractivity contribution in [3.63, 3.8) is 0 Å². The van der Waals surface area contributed by atoms with Crippen LogP contribution < -0.4 is 10.9 Å². The fraction of sp³-hybridized carbons (Fsp3) is 0.217. The van der Waals surface area contributed by atoms with Gasteiger partial charge < -0.3 is 10.3 Å². The summed E-state index contributed by atoms with van der Waals surface area (Å²) >= 11 is 2.87. The molecule has 1 amide bonds. The molecule has 0 saturated heterocycles. The molecule has 4 rings (SSSR count). The molecular weight excluding hydrogens is 428 g/mol. The van der Waals surface area contributed by atoms with Crippen LogP contribution in [0.15, 0.2) is 46.2 Å². The molecule has 0 spiro atoms. The van der Waals surface area contributed by atoms with E-state index in [1.807, 2.05) is 13.0 Å². The number of anilines is 1. The first kappa shape index (κ1) is 21.3. The Hall–Kier alpha value is -2.97. The van der Waals surface area contributed by atoms with Crippen molar-refractivity contribution in [1.29, 1.82) is 0 Å². The van der Waals surface area contributed by atoms with E-state index in [2.05, 4.69) is 52.3 Å². The summed E-state index contributed by atoms with van der Waals surface area (Å²) in [5.41, 5.74) is 3.80. The van der Waals surface area contributed by atoms with E-state index in [-0.39, 0.29) is 11.5 Å². The highest BCUT2D eigenvalue weighted by Gasteiger charge is 2.20. The number of carbonyl (C=O) groups is 1. The summed E-state index contributed by atoms with van der Waals surface area (Å²) in [5, 5.41) is 3.27. The van der Waals surface area contributed by atoms with Crippen LogP contribution >= 0.6 is 23.1 Å². The van der Waals surface area contributed by atoms with E-state index in [0.29, 0.717) is 38.1 Å². The van der Waals surface area contributed by atoms with Crippen LogP contribution in [0, 0.1) is 27.7 Å². The van der Waals surface area contributed by atoms with Gasteiger partial charge in [-0.1, -0.05) is 17.7 Å². The lowest BCUT2D eigenvalue weighted by atomic mass is 10.2. The number of aromatic nitrogens is 3. The molecule has 0 unspecified atom stereocenters. The number of aryl methyl sites for hydroxylation is 4. The molecule has 3 aromatic heterocycles. The fourth-order valence-corrected chi connectivity index (χ4v) is 5.35. The van der Waals surface area contributed by atoms with E-state index in [4.69, 9.17) is 0 Å². The van der Waals surface area contributed by atoms with Gasteiger partial charge in [0.1, 0.15) is 16.5 Å². The second kappa shape index (κ2) is 8.64. The van der Waals surface area contributed by atoms with Gasteiger partial charge in [-0.2, -0.15) is 0 Å². The highest BCUT2D eigenvalue weighted by Crippen LogP contribution is 2.30. The predicted octanol–water partition coefficient (Wildman–Crippen LogP) is 5.16. The number of carbonyl (C=O) groups excluding carboxylic acids is 1. The quantitative estimate of drug-likeness (QED) is 0.410. The van der Waals surface area contributed by atoms with Gasteiger partial charge in [-0.05, 0) is 62.6 Å². The number of hydrogen-bond acceptors (Lipinski definition) is 6. The number of hydrogen-bond donors (Lipinski definition) is 2. The number of nitrogens with one attached hydrogen (secondary N) is 2. The zero-order chi connectivity index (χ0) is 22.1. The average Bonchev–Trinajstić information content (AvgIpc) is 3.06. The summed E-state index contributed by atoms with van der Waals surface area (Å²) < 4.78 is 0. The minimum atomic E-state index is -0.288. The van der Waals surface area contributed by atoms with Crippen molar-refractivity contribution >= 4 is 45.0 Å². The molecule has 0 aliphatic rings. The van der Waals surface area contributed by atoms with Gasteiger partial charge in [0.25, 0.3) is 11.5 Å². The molecule has 1 aromatic carbocycles. The maximum Gasteiger partial charge on any atom is 0.267 e. The zero-order valence-electron chi connectivity index (χ0n) is 17.7. The molecule has 4 aromatic rings. The number of thioether (sulfide) groups is 1. The molecule has 8 heteroatoms. The maximum atomic E-state index is 12.8. The highest BCUT2D eigenvalue weighted by atomic mass is 32.2.